The van der Waals surface area contributed by atoms with Crippen molar-refractivity contribution in [3.63, 3.8) is 0 Å². The number of nitrogens with one attached hydrogen (secondary N) is 1. The first-order valence-corrected chi connectivity index (χ1v) is 9.39. The van der Waals surface area contributed by atoms with Gasteiger partial charge in [-0.2, -0.15) is 0 Å². The molecule has 1 aromatic carbocycles. The molecule has 0 aliphatic heterocycles. The van der Waals surface area contributed by atoms with Crippen LogP contribution in [-0.2, 0) is 17.9 Å². The lowest BCUT2D eigenvalue weighted by Gasteiger charge is -2.10. The molecule has 1 N–H and O–H groups in total. The van der Waals surface area contributed by atoms with Gasteiger partial charge in [-0.05, 0) is 5.92 Å². The molecular weight excluding hydrogens is 370 g/mol. The van der Waals surface area contributed by atoms with E-state index in [2.05, 4.69) is 15.3 Å². The summed E-state index contributed by atoms with van der Waals surface area (Å²) in [6.07, 6.45) is 2.85. The van der Waals surface area contributed by atoms with Crippen LogP contribution in [0.2, 0.25) is 0 Å². The highest BCUT2D eigenvalue weighted by atomic mass is 16.2. The van der Waals surface area contributed by atoms with Gasteiger partial charge in [0.1, 0.15) is 6.54 Å². The van der Waals surface area contributed by atoms with Crippen LogP contribution in [0.3, 0.4) is 0 Å². The first-order valence-electron chi connectivity index (χ1n) is 9.39. The minimum atomic E-state index is -0.326. The molecule has 0 spiro atoms. The van der Waals surface area contributed by atoms with Crippen LogP contribution in [0.5, 0.6) is 0 Å². The lowest BCUT2D eigenvalue weighted by Crippen LogP contribution is -2.35. The molecule has 0 saturated carbocycles. The van der Waals surface area contributed by atoms with Crippen molar-refractivity contribution in [1.82, 2.24) is 24.4 Å². The predicted octanol–water partition coefficient (Wildman–Crippen LogP) is 1.41. The first kappa shape index (κ1) is 20.2. The van der Waals surface area contributed by atoms with E-state index in [1.165, 1.54) is 33.9 Å². The summed E-state index contributed by atoms with van der Waals surface area (Å²) >= 11 is 0. The Balaban J connectivity index is 1.55. The van der Waals surface area contributed by atoms with E-state index in [0.717, 1.165) is 5.56 Å². The van der Waals surface area contributed by atoms with E-state index in [1.54, 1.807) is 0 Å². The number of amides is 1. The van der Waals surface area contributed by atoms with Crippen molar-refractivity contribution >= 4 is 5.91 Å². The molecule has 3 aromatic rings. The molecule has 0 atom stereocenters. The summed E-state index contributed by atoms with van der Waals surface area (Å²) in [4.78, 5) is 44.9. The van der Waals surface area contributed by atoms with Crippen LogP contribution >= 0.6 is 0 Å². The van der Waals surface area contributed by atoms with Crippen molar-refractivity contribution in [2.45, 2.75) is 32.9 Å². The van der Waals surface area contributed by atoms with Gasteiger partial charge >= 0.3 is 0 Å². The van der Waals surface area contributed by atoms with Crippen LogP contribution in [-0.4, -0.2) is 31.6 Å². The van der Waals surface area contributed by atoms with Gasteiger partial charge < -0.3 is 5.32 Å². The van der Waals surface area contributed by atoms with Crippen molar-refractivity contribution in [3.8, 4) is 11.3 Å². The monoisotopic (exact) mass is 393 g/mol. The summed E-state index contributed by atoms with van der Waals surface area (Å²) < 4.78 is 2.68. The number of nitrogens with zero attached hydrogens (tertiary/aromatic N) is 4. The van der Waals surface area contributed by atoms with E-state index in [9.17, 15) is 14.4 Å². The van der Waals surface area contributed by atoms with Crippen LogP contribution < -0.4 is 16.4 Å². The summed E-state index contributed by atoms with van der Waals surface area (Å²) in [7, 11) is 0. The van der Waals surface area contributed by atoms with Crippen LogP contribution in [0.1, 0.15) is 25.5 Å². The molecule has 2 heterocycles. The maximum atomic E-state index is 12.3. The molecular formula is C21H23N5O3. The fraction of sp³-hybridized carbons (Fsp3) is 0.286. The first-order chi connectivity index (χ1) is 13.9. The van der Waals surface area contributed by atoms with Gasteiger partial charge in [0, 0.05) is 30.8 Å². The van der Waals surface area contributed by atoms with Crippen LogP contribution in [0.15, 0.2) is 64.7 Å². The Morgan fingerprint density at radius 1 is 1.00 bits per heavy atom. The van der Waals surface area contributed by atoms with Gasteiger partial charge in [0.05, 0.1) is 24.0 Å². The fourth-order valence-electron chi connectivity index (χ4n) is 2.76. The number of hydrogen-bond acceptors (Lipinski definition) is 5. The Morgan fingerprint density at radius 2 is 1.69 bits per heavy atom. The molecule has 0 unspecified atom stereocenters. The third-order valence-corrected chi connectivity index (χ3v) is 4.43. The lowest BCUT2D eigenvalue weighted by atomic mass is 10.1. The fourth-order valence-corrected chi connectivity index (χ4v) is 2.76. The van der Waals surface area contributed by atoms with Gasteiger partial charge in [0.15, 0.2) is 0 Å². The molecule has 3 rings (SSSR count). The standard InChI is InChI=1S/C21H23N5O3/c1-15(2)17-10-21(29)26(14-23-17)12-19(27)22-8-9-25-13-24-18(11-20(25)28)16-6-4-3-5-7-16/h3-7,10-11,13-15H,8-9,12H2,1-2H3,(H,22,27). The number of aromatic nitrogens is 4. The van der Waals surface area contributed by atoms with E-state index in [1.807, 2.05) is 44.2 Å². The third-order valence-electron chi connectivity index (χ3n) is 4.43. The van der Waals surface area contributed by atoms with Crippen LogP contribution in [0, 0.1) is 0 Å². The number of hydrogen-bond donors (Lipinski definition) is 1. The summed E-state index contributed by atoms with van der Waals surface area (Å²) in [5, 5.41) is 2.70. The van der Waals surface area contributed by atoms with Gasteiger partial charge in [-0.25, -0.2) is 9.97 Å². The Labute approximate surface area is 167 Å². The molecule has 150 valence electrons. The second-order valence-electron chi connectivity index (χ2n) is 6.96. The second kappa shape index (κ2) is 9.09. The van der Waals surface area contributed by atoms with Gasteiger partial charge in [-0.15, -0.1) is 0 Å². The Hall–Kier alpha value is -3.55. The quantitative estimate of drug-likeness (QED) is 0.654. The topological polar surface area (TPSA) is 98.9 Å². The van der Waals surface area contributed by atoms with Crippen molar-refractivity contribution in [3.05, 3.63) is 81.5 Å². The molecule has 0 aliphatic rings. The van der Waals surface area contributed by atoms with E-state index in [-0.39, 0.29) is 42.6 Å². The van der Waals surface area contributed by atoms with Gasteiger partial charge in [0.2, 0.25) is 5.91 Å². The number of carbonyl (C=O) groups is 1. The molecule has 8 nitrogen and oxygen atoms in total. The largest absolute Gasteiger partial charge is 0.353 e. The smallest absolute Gasteiger partial charge is 0.254 e. The van der Waals surface area contributed by atoms with Crippen molar-refractivity contribution in [1.29, 1.82) is 0 Å². The molecule has 0 bridgehead atoms. The molecule has 0 saturated heterocycles. The number of benzene rings is 1. The second-order valence-corrected chi connectivity index (χ2v) is 6.96. The predicted molar refractivity (Wildman–Crippen MR) is 110 cm³/mol. The molecule has 8 heteroatoms. The molecule has 0 radical (unpaired) electrons. The lowest BCUT2D eigenvalue weighted by molar-refractivity contribution is -0.121. The summed E-state index contributed by atoms with van der Waals surface area (Å²) in [6, 6.07) is 12.4. The highest BCUT2D eigenvalue weighted by molar-refractivity contribution is 5.75. The summed E-state index contributed by atoms with van der Waals surface area (Å²) in [6.45, 7) is 4.30. The molecule has 29 heavy (non-hydrogen) atoms. The highest BCUT2D eigenvalue weighted by Gasteiger charge is 2.08. The normalized spacial score (nSPS) is 10.9. The SMILES string of the molecule is CC(C)c1cc(=O)n(CC(=O)NCCn2cnc(-c3ccccc3)cc2=O)cn1. The van der Waals surface area contributed by atoms with E-state index in [0.29, 0.717) is 11.4 Å². The average Bonchev–Trinajstić information content (AvgIpc) is 2.71. The minimum absolute atomic E-state index is 0.121. The van der Waals surface area contributed by atoms with E-state index < -0.39 is 0 Å². The van der Waals surface area contributed by atoms with E-state index in [4.69, 9.17) is 0 Å². The zero-order valence-electron chi connectivity index (χ0n) is 16.4. The Morgan fingerprint density at radius 3 is 2.34 bits per heavy atom. The maximum absolute atomic E-state index is 12.3. The Kier molecular flexibility index (Phi) is 6.33. The number of rotatable bonds is 7. The van der Waals surface area contributed by atoms with Crippen molar-refractivity contribution in [2.75, 3.05) is 6.54 Å². The summed E-state index contributed by atoms with van der Waals surface area (Å²) in [5.41, 5.74) is 1.70. The van der Waals surface area contributed by atoms with Crippen molar-refractivity contribution in [2.24, 2.45) is 0 Å². The van der Waals surface area contributed by atoms with E-state index >= 15 is 0 Å². The van der Waals surface area contributed by atoms with Crippen LogP contribution in [0.4, 0.5) is 0 Å². The minimum Gasteiger partial charge on any atom is -0.353 e. The maximum Gasteiger partial charge on any atom is 0.254 e. The average molecular weight is 393 g/mol. The highest BCUT2D eigenvalue weighted by Crippen LogP contribution is 2.13. The zero-order chi connectivity index (χ0) is 20.8. The van der Waals surface area contributed by atoms with Crippen LogP contribution in [0.25, 0.3) is 11.3 Å². The van der Waals surface area contributed by atoms with Gasteiger partial charge in [0.25, 0.3) is 11.1 Å². The molecule has 1 amide bonds. The molecule has 0 fully saturated rings. The third kappa shape index (κ3) is 5.25. The molecule has 0 aliphatic carbocycles. The van der Waals surface area contributed by atoms with Crippen molar-refractivity contribution < 1.29 is 4.79 Å². The van der Waals surface area contributed by atoms with Gasteiger partial charge in [-0.1, -0.05) is 44.2 Å². The molecule has 2 aromatic heterocycles. The number of carbonyl (C=O) groups excluding carboxylic acids is 1. The van der Waals surface area contributed by atoms with Gasteiger partial charge in [-0.3, -0.25) is 23.5 Å². The zero-order valence-corrected chi connectivity index (χ0v) is 16.4. The Bertz CT molecular complexity index is 1100. The summed E-state index contributed by atoms with van der Waals surface area (Å²) in [5.74, 6) is -0.181.